The van der Waals surface area contributed by atoms with Gasteiger partial charge in [0.2, 0.25) is 0 Å². The summed E-state index contributed by atoms with van der Waals surface area (Å²) in [6.45, 7) is 7.95. The molecule has 0 saturated heterocycles. The van der Waals surface area contributed by atoms with E-state index in [1.54, 1.807) is 14.2 Å². The molecule has 4 aromatic rings. The van der Waals surface area contributed by atoms with Gasteiger partial charge in [0, 0.05) is 41.9 Å². The Morgan fingerprint density at radius 1 is 0.830 bits per heavy atom. The normalized spacial score (nSPS) is 19.1. The molecule has 4 aromatic carbocycles. The fraction of sp³-hybridized carbons (Fsp3) is 0.350. The molecular weight excluding hydrogens is 588 g/mol. The number of likely N-dealkylation sites (N-methyl/N-ethyl adjacent to an activating group) is 2. The average Bonchev–Trinajstić information content (AvgIpc) is 3.07. The summed E-state index contributed by atoms with van der Waals surface area (Å²) in [5, 5.41) is 10.4. The molecule has 0 aromatic heterocycles. The summed E-state index contributed by atoms with van der Waals surface area (Å²) in [7, 11) is 7.70. The Morgan fingerprint density at radius 3 is 2.23 bits per heavy atom. The van der Waals surface area contributed by atoms with Gasteiger partial charge in [-0.05, 0) is 116 Å². The van der Waals surface area contributed by atoms with Gasteiger partial charge < -0.3 is 24.1 Å². The number of hydrogen-bond donors (Lipinski definition) is 1. The predicted octanol–water partition coefficient (Wildman–Crippen LogP) is 7.67. The predicted molar refractivity (Wildman–Crippen MR) is 185 cm³/mol. The van der Waals surface area contributed by atoms with Crippen LogP contribution in [0.25, 0.3) is 5.57 Å². The monoisotopic (exact) mass is 632 g/mol. The molecule has 2 atom stereocenters. The van der Waals surface area contributed by atoms with Crippen molar-refractivity contribution in [3.05, 3.63) is 112 Å². The second-order valence-corrected chi connectivity index (χ2v) is 13.2. The van der Waals surface area contributed by atoms with Crippen LogP contribution in [0, 0.1) is 0 Å². The van der Waals surface area contributed by atoms with Gasteiger partial charge in [0.25, 0.3) is 0 Å². The van der Waals surface area contributed by atoms with Gasteiger partial charge in [0.1, 0.15) is 11.5 Å². The molecule has 7 nitrogen and oxygen atoms in total. The van der Waals surface area contributed by atoms with Gasteiger partial charge in [-0.3, -0.25) is 9.80 Å². The van der Waals surface area contributed by atoms with Crippen LogP contribution in [0.5, 0.6) is 34.5 Å². The highest BCUT2D eigenvalue weighted by Crippen LogP contribution is 2.50. The molecule has 0 unspecified atom stereocenters. The van der Waals surface area contributed by atoms with Crippen molar-refractivity contribution in [2.75, 3.05) is 41.4 Å². The number of methoxy groups -OCH3 is 2. The van der Waals surface area contributed by atoms with Crippen molar-refractivity contribution < 1.29 is 24.1 Å². The Labute approximate surface area is 278 Å². The van der Waals surface area contributed by atoms with E-state index in [-0.39, 0.29) is 18.7 Å². The summed E-state index contributed by atoms with van der Waals surface area (Å²) >= 11 is 0. The molecule has 6 bridgehead atoms. The summed E-state index contributed by atoms with van der Waals surface area (Å²) in [5.74, 6) is 4.14. The van der Waals surface area contributed by atoms with Crippen LogP contribution in [0.4, 0.5) is 0 Å². The Morgan fingerprint density at radius 2 is 1.53 bits per heavy atom. The van der Waals surface area contributed by atoms with E-state index >= 15 is 0 Å². The van der Waals surface area contributed by atoms with Crippen molar-refractivity contribution in [2.24, 2.45) is 0 Å². The zero-order valence-electron chi connectivity index (χ0n) is 28.1. The fourth-order valence-corrected chi connectivity index (χ4v) is 7.56. The topological polar surface area (TPSA) is 63.6 Å². The van der Waals surface area contributed by atoms with Crippen molar-refractivity contribution in [1.29, 1.82) is 0 Å². The molecular formula is C40H44N2O5. The van der Waals surface area contributed by atoms with Gasteiger partial charge in [0.15, 0.2) is 23.0 Å². The summed E-state index contributed by atoms with van der Waals surface area (Å²) < 4.78 is 25.6. The van der Waals surface area contributed by atoms with Crippen LogP contribution in [-0.2, 0) is 32.3 Å². The molecule has 4 aliphatic rings. The molecule has 4 heterocycles. The van der Waals surface area contributed by atoms with Crippen LogP contribution in [0.2, 0.25) is 0 Å². The van der Waals surface area contributed by atoms with E-state index in [2.05, 4.69) is 91.1 Å². The number of hydrogen-bond acceptors (Lipinski definition) is 7. The van der Waals surface area contributed by atoms with Gasteiger partial charge in [-0.25, -0.2) is 0 Å². The van der Waals surface area contributed by atoms with Crippen molar-refractivity contribution in [3.8, 4) is 34.5 Å². The molecule has 0 spiro atoms. The molecule has 1 N–H and O–H groups in total. The molecule has 47 heavy (non-hydrogen) atoms. The summed E-state index contributed by atoms with van der Waals surface area (Å²) in [5.41, 5.74) is 9.80. The molecule has 7 heteroatoms. The summed E-state index contributed by atoms with van der Waals surface area (Å²) in [4.78, 5) is 4.80. The van der Waals surface area contributed by atoms with Crippen LogP contribution in [0.15, 0.2) is 67.2 Å². The molecule has 0 saturated carbocycles. The van der Waals surface area contributed by atoms with E-state index in [9.17, 15) is 5.11 Å². The van der Waals surface area contributed by atoms with Gasteiger partial charge in [-0.15, -0.1) is 0 Å². The van der Waals surface area contributed by atoms with E-state index in [1.807, 2.05) is 6.92 Å². The van der Waals surface area contributed by atoms with Crippen LogP contribution < -0.4 is 18.9 Å². The molecule has 0 fully saturated rings. The lowest BCUT2D eigenvalue weighted by molar-refractivity contribution is 0.219. The zero-order chi connectivity index (χ0) is 32.8. The first-order valence-corrected chi connectivity index (χ1v) is 16.5. The number of rotatable bonds is 4. The van der Waals surface area contributed by atoms with Crippen molar-refractivity contribution in [2.45, 2.75) is 51.3 Å². The van der Waals surface area contributed by atoms with Crippen molar-refractivity contribution in [1.82, 2.24) is 9.80 Å². The fourth-order valence-electron chi connectivity index (χ4n) is 7.56. The first-order chi connectivity index (χ1) is 22.8. The van der Waals surface area contributed by atoms with Crippen LogP contribution >= 0.6 is 0 Å². The standard InChI is InChI=1S/C40H44N2O5/c1-24(2)31-12-9-26-18-33-32-22-37(36(44-5)21-27(32)13-15-41(33)3)47-40-38-28(20-29(23-43)39(40)45-6)14-16-42(4)34(38)17-25-7-10-30(11-8-25)46-35(31)19-26/h7-12,19-22,33-34,43H,1,13-18,23H2,2-6H3/t33-,34+/m1/s1. The van der Waals surface area contributed by atoms with Crippen molar-refractivity contribution >= 4 is 5.57 Å². The van der Waals surface area contributed by atoms with Crippen LogP contribution in [0.3, 0.4) is 0 Å². The van der Waals surface area contributed by atoms with Gasteiger partial charge >= 0.3 is 0 Å². The third-order valence-corrected chi connectivity index (χ3v) is 10.2. The third-order valence-electron chi connectivity index (χ3n) is 10.2. The summed E-state index contributed by atoms with van der Waals surface area (Å²) in [6, 6.07) is 21.4. The second kappa shape index (κ2) is 12.7. The third kappa shape index (κ3) is 5.77. The zero-order valence-corrected chi connectivity index (χ0v) is 28.1. The molecule has 8 rings (SSSR count). The van der Waals surface area contributed by atoms with Crippen molar-refractivity contribution in [3.63, 3.8) is 0 Å². The lowest BCUT2D eigenvalue weighted by Crippen LogP contribution is -2.34. The maximum absolute atomic E-state index is 10.4. The van der Waals surface area contributed by atoms with Gasteiger partial charge in [-0.1, -0.05) is 30.8 Å². The lowest BCUT2D eigenvalue weighted by atomic mass is 9.86. The number of fused-ring (bicyclic) bond motifs is 2. The SMILES string of the molecule is C=C(C)c1ccc2cc1Oc1ccc(cc1)C[C@H]1c3c(cc(CO)c(OC)c3Oc3cc4c(cc3OC)CCN(C)[C@@H]4C2)CCN1C. The van der Waals surface area contributed by atoms with E-state index in [0.29, 0.717) is 23.0 Å². The quantitative estimate of drug-likeness (QED) is 0.248. The Bertz CT molecular complexity index is 1830. The Hall–Kier alpha value is -4.30. The van der Waals surface area contributed by atoms with E-state index in [4.69, 9.17) is 18.9 Å². The minimum atomic E-state index is -0.144. The average molecular weight is 633 g/mol. The largest absolute Gasteiger partial charge is 0.493 e. The summed E-state index contributed by atoms with van der Waals surface area (Å²) in [6.07, 6.45) is 3.33. The maximum Gasteiger partial charge on any atom is 0.174 e. The van der Waals surface area contributed by atoms with Crippen LogP contribution in [0.1, 0.15) is 63.5 Å². The Balaban J connectivity index is 1.46. The van der Waals surface area contributed by atoms with Crippen LogP contribution in [-0.4, -0.2) is 56.3 Å². The number of nitrogens with zero attached hydrogens (tertiary/aromatic N) is 2. The Kier molecular flexibility index (Phi) is 8.47. The highest BCUT2D eigenvalue weighted by molar-refractivity contribution is 5.68. The molecule has 0 aliphatic carbocycles. The first kappa shape index (κ1) is 31.3. The second-order valence-electron chi connectivity index (χ2n) is 13.2. The highest BCUT2D eigenvalue weighted by atomic mass is 16.5. The molecule has 4 aliphatic heterocycles. The number of ether oxygens (including phenoxy) is 4. The lowest BCUT2D eigenvalue weighted by Gasteiger charge is -2.37. The maximum atomic E-state index is 10.4. The minimum absolute atomic E-state index is 0.0234. The van der Waals surface area contributed by atoms with E-state index < -0.39 is 0 Å². The number of aliphatic hydroxyl groups excluding tert-OH is 1. The molecule has 244 valence electrons. The first-order valence-electron chi connectivity index (χ1n) is 16.5. The van der Waals surface area contributed by atoms with E-state index in [0.717, 1.165) is 72.5 Å². The number of aliphatic hydroxyl groups is 1. The van der Waals surface area contributed by atoms with E-state index in [1.165, 1.54) is 27.8 Å². The molecule has 0 amide bonds. The smallest absolute Gasteiger partial charge is 0.174 e. The number of allylic oxidation sites excluding steroid dienone is 1. The molecule has 0 radical (unpaired) electrons. The van der Waals surface area contributed by atoms with Gasteiger partial charge in [0.05, 0.1) is 20.8 Å². The number of benzene rings is 4. The highest BCUT2D eigenvalue weighted by Gasteiger charge is 2.34. The minimum Gasteiger partial charge on any atom is -0.493 e. The van der Waals surface area contributed by atoms with Gasteiger partial charge in [-0.2, -0.15) is 0 Å².